The summed E-state index contributed by atoms with van der Waals surface area (Å²) in [6.07, 6.45) is 5.65. The average molecular weight is 308 g/mol. The van der Waals surface area contributed by atoms with Crippen molar-refractivity contribution in [2.24, 2.45) is 10.8 Å². The van der Waals surface area contributed by atoms with Gasteiger partial charge in [-0.3, -0.25) is 4.79 Å². The van der Waals surface area contributed by atoms with Crippen LogP contribution < -0.4 is 0 Å². The molecule has 1 heterocycles. The maximum atomic E-state index is 12.3. The van der Waals surface area contributed by atoms with Crippen molar-refractivity contribution in [2.75, 3.05) is 5.75 Å². The molecule has 3 nitrogen and oxygen atoms in total. The van der Waals surface area contributed by atoms with Crippen molar-refractivity contribution in [1.82, 2.24) is 9.55 Å². The summed E-state index contributed by atoms with van der Waals surface area (Å²) in [4.78, 5) is 16.7. The molecule has 0 saturated heterocycles. The first-order valence-corrected chi connectivity index (χ1v) is 8.43. The highest BCUT2D eigenvalue weighted by Crippen LogP contribution is 2.32. The minimum atomic E-state index is -0.330. The van der Waals surface area contributed by atoms with E-state index in [1.807, 2.05) is 39.2 Å². The molecule has 0 atom stereocenters. The molecule has 0 bridgehead atoms. The molecule has 0 amide bonds. The number of rotatable bonds is 5. The summed E-state index contributed by atoms with van der Waals surface area (Å²) in [5.41, 5.74) is 0.818. The molecule has 0 saturated carbocycles. The Morgan fingerprint density at radius 3 is 2.33 bits per heavy atom. The van der Waals surface area contributed by atoms with Gasteiger partial charge in [0.25, 0.3) is 0 Å². The second-order valence-electron chi connectivity index (χ2n) is 7.32. The Morgan fingerprint density at radius 2 is 1.86 bits per heavy atom. The Morgan fingerprint density at radius 1 is 1.24 bits per heavy atom. The van der Waals surface area contributed by atoms with Gasteiger partial charge < -0.3 is 4.57 Å². The summed E-state index contributed by atoms with van der Waals surface area (Å²) in [5, 5.41) is 1.01. The quantitative estimate of drug-likeness (QED) is 0.590. The molecule has 4 heteroatoms. The molecular weight excluding hydrogens is 280 g/mol. The van der Waals surface area contributed by atoms with Crippen molar-refractivity contribution < 1.29 is 4.79 Å². The summed E-state index contributed by atoms with van der Waals surface area (Å²) >= 11 is 1.70. The summed E-state index contributed by atoms with van der Waals surface area (Å²) in [5.74, 6) is 0.981. The molecular formula is C17H28N2OS. The predicted octanol–water partition coefficient (Wildman–Crippen LogP) is 4.58. The van der Waals surface area contributed by atoms with Crippen molar-refractivity contribution >= 4 is 17.5 Å². The number of ketones is 1. The van der Waals surface area contributed by atoms with Gasteiger partial charge in [0, 0.05) is 30.1 Å². The standard InChI is InChI=1S/C17H28N2OS/c1-8-19-10-9-18-15(19)21-12-13(16(2,3)4)11-14(20)17(5,6)7/h9-11H,8,12H2,1-7H3. The number of carbonyl (C=O) groups is 1. The Kier molecular flexibility index (Phi) is 5.85. The summed E-state index contributed by atoms with van der Waals surface area (Å²) in [6, 6.07) is 0. The fourth-order valence-electron chi connectivity index (χ4n) is 1.67. The monoisotopic (exact) mass is 308 g/mol. The zero-order chi connectivity index (χ0) is 16.3. The van der Waals surface area contributed by atoms with Gasteiger partial charge in [-0.1, -0.05) is 58.9 Å². The van der Waals surface area contributed by atoms with Gasteiger partial charge in [-0.05, 0) is 18.4 Å². The van der Waals surface area contributed by atoms with Crippen LogP contribution >= 0.6 is 11.8 Å². The van der Waals surface area contributed by atoms with Crippen LogP contribution in [-0.2, 0) is 11.3 Å². The third kappa shape index (κ3) is 5.34. The smallest absolute Gasteiger partial charge is 0.168 e. The Bertz CT molecular complexity index is 516. The van der Waals surface area contributed by atoms with Gasteiger partial charge in [-0.15, -0.1) is 0 Å². The van der Waals surface area contributed by atoms with E-state index in [-0.39, 0.29) is 16.6 Å². The average Bonchev–Trinajstić information content (AvgIpc) is 2.78. The third-order valence-corrected chi connectivity index (χ3v) is 4.44. The summed E-state index contributed by atoms with van der Waals surface area (Å²) in [6.45, 7) is 15.4. The zero-order valence-electron chi connectivity index (χ0n) is 14.4. The van der Waals surface area contributed by atoms with Gasteiger partial charge in [0.2, 0.25) is 0 Å². The maximum Gasteiger partial charge on any atom is 0.168 e. The fourth-order valence-corrected chi connectivity index (χ4v) is 2.96. The molecule has 0 aliphatic rings. The van der Waals surface area contributed by atoms with Crippen LogP contribution in [0.25, 0.3) is 0 Å². The van der Waals surface area contributed by atoms with E-state index in [0.717, 1.165) is 23.0 Å². The predicted molar refractivity (Wildman–Crippen MR) is 90.6 cm³/mol. The van der Waals surface area contributed by atoms with Crippen LogP contribution in [0.15, 0.2) is 29.2 Å². The van der Waals surface area contributed by atoms with E-state index in [2.05, 4.69) is 37.2 Å². The van der Waals surface area contributed by atoms with E-state index in [1.54, 1.807) is 11.8 Å². The van der Waals surface area contributed by atoms with Gasteiger partial charge in [0.1, 0.15) is 0 Å². The number of allylic oxidation sites excluding steroid dienone is 1. The van der Waals surface area contributed by atoms with Crippen LogP contribution in [0.3, 0.4) is 0 Å². The molecule has 0 radical (unpaired) electrons. The van der Waals surface area contributed by atoms with Crippen molar-refractivity contribution in [2.45, 2.75) is 60.2 Å². The largest absolute Gasteiger partial charge is 0.326 e. The first-order valence-electron chi connectivity index (χ1n) is 7.45. The normalized spacial score (nSPS) is 13.6. The molecule has 1 aromatic rings. The van der Waals surface area contributed by atoms with Crippen LogP contribution in [0.2, 0.25) is 0 Å². The van der Waals surface area contributed by atoms with Gasteiger partial charge in [-0.25, -0.2) is 4.98 Å². The lowest BCUT2D eigenvalue weighted by Gasteiger charge is -2.24. The number of carbonyl (C=O) groups excluding carboxylic acids is 1. The third-order valence-electron chi connectivity index (χ3n) is 3.38. The minimum Gasteiger partial charge on any atom is -0.326 e. The van der Waals surface area contributed by atoms with E-state index in [9.17, 15) is 4.79 Å². The minimum absolute atomic E-state index is 0.0163. The number of imidazole rings is 1. The van der Waals surface area contributed by atoms with Crippen molar-refractivity contribution in [3.63, 3.8) is 0 Å². The molecule has 1 rings (SSSR count). The van der Waals surface area contributed by atoms with Crippen LogP contribution in [0.4, 0.5) is 0 Å². The highest BCUT2D eigenvalue weighted by molar-refractivity contribution is 7.99. The van der Waals surface area contributed by atoms with E-state index in [0.29, 0.717) is 0 Å². The van der Waals surface area contributed by atoms with Crippen molar-refractivity contribution in [3.8, 4) is 0 Å². The molecule has 0 aromatic carbocycles. The fraction of sp³-hybridized carbons (Fsp3) is 0.647. The lowest BCUT2D eigenvalue weighted by atomic mass is 9.83. The number of aryl methyl sites for hydroxylation is 1. The Labute approximate surface area is 133 Å². The lowest BCUT2D eigenvalue weighted by Crippen LogP contribution is -2.21. The first-order chi connectivity index (χ1) is 9.55. The highest BCUT2D eigenvalue weighted by Gasteiger charge is 2.24. The molecule has 21 heavy (non-hydrogen) atoms. The number of hydrogen-bond donors (Lipinski definition) is 0. The lowest BCUT2D eigenvalue weighted by molar-refractivity contribution is -0.121. The van der Waals surface area contributed by atoms with Crippen molar-refractivity contribution in [1.29, 1.82) is 0 Å². The van der Waals surface area contributed by atoms with E-state index in [1.165, 1.54) is 0 Å². The molecule has 118 valence electrons. The highest BCUT2D eigenvalue weighted by atomic mass is 32.2. The summed E-state index contributed by atoms with van der Waals surface area (Å²) in [7, 11) is 0. The van der Waals surface area contributed by atoms with Gasteiger partial charge >= 0.3 is 0 Å². The molecule has 1 aromatic heterocycles. The molecule has 0 N–H and O–H groups in total. The number of aromatic nitrogens is 2. The molecule has 0 aliphatic carbocycles. The van der Waals surface area contributed by atoms with Crippen LogP contribution in [0, 0.1) is 10.8 Å². The van der Waals surface area contributed by atoms with E-state index >= 15 is 0 Å². The van der Waals surface area contributed by atoms with Crippen LogP contribution in [-0.4, -0.2) is 21.1 Å². The van der Waals surface area contributed by atoms with Crippen molar-refractivity contribution in [3.05, 3.63) is 24.0 Å². The van der Waals surface area contributed by atoms with Gasteiger partial charge in [0.05, 0.1) is 0 Å². The number of thioether (sulfide) groups is 1. The van der Waals surface area contributed by atoms with E-state index in [4.69, 9.17) is 0 Å². The van der Waals surface area contributed by atoms with E-state index < -0.39 is 0 Å². The van der Waals surface area contributed by atoms with Gasteiger partial charge in [-0.2, -0.15) is 0 Å². The Hall–Kier alpha value is -1.03. The number of nitrogens with zero attached hydrogens (tertiary/aromatic N) is 2. The topological polar surface area (TPSA) is 34.9 Å². The molecule has 0 aliphatic heterocycles. The second-order valence-corrected chi connectivity index (χ2v) is 8.26. The number of hydrogen-bond acceptors (Lipinski definition) is 3. The van der Waals surface area contributed by atoms with Crippen LogP contribution in [0.1, 0.15) is 48.5 Å². The van der Waals surface area contributed by atoms with Crippen LogP contribution in [0.5, 0.6) is 0 Å². The zero-order valence-corrected chi connectivity index (χ0v) is 15.2. The summed E-state index contributed by atoms with van der Waals surface area (Å²) < 4.78 is 2.12. The molecule has 0 fully saturated rings. The maximum absolute atomic E-state index is 12.3. The molecule has 0 unspecified atom stereocenters. The first kappa shape index (κ1) is 18.0. The second kappa shape index (κ2) is 6.82. The SMILES string of the molecule is CCn1ccnc1SCC(=CC(=O)C(C)(C)C)C(C)(C)C. The molecule has 0 spiro atoms. The Balaban J connectivity index is 2.91. The van der Waals surface area contributed by atoms with Gasteiger partial charge in [0.15, 0.2) is 10.9 Å².